The Morgan fingerprint density at radius 3 is 1.16 bits per heavy atom. The number of carbonyl (C=O) groups is 11. The Hall–Kier alpha value is -6.33. The molecule has 10 N–H and O–H groups in total. The van der Waals surface area contributed by atoms with E-state index in [1.54, 1.807) is 69.2 Å². The molecule has 7 rings (SSSR count). The van der Waals surface area contributed by atoms with Gasteiger partial charge >= 0.3 is 12.1 Å². The maximum Gasteiger partial charge on any atom is 0.408 e. The highest BCUT2D eigenvalue weighted by atomic mass is 79.9. The summed E-state index contributed by atoms with van der Waals surface area (Å²) in [7, 11) is 0. The van der Waals surface area contributed by atoms with Crippen LogP contribution in [0, 0.1) is 35.5 Å². The predicted molar refractivity (Wildman–Crippen MR) is 325 cm³/mol. The molecule has 0 radical (unpaired) electrons. The van der Waals surface area contributed by atoms with Crippen molar-refractivity contribution in [2.45, 2.75) is 256 Å². The zero-order valence-electron chi connectivity index (χ0n) is 52.4. The number of hydrogen-bond donors (Lipinski definition) is 10. The number of alkyl carbamates (subject to hydrolysis) is 1. The van der Waals surface area contributed by atoms with Crippen molar-refractivity contribution in [3.8, 4) is 0 Å². The van der Waals surface area contributed by atoms with E-state index in [-0.39, 0.29) is 42.0 Å². The number of rotatable bonds is 22. The van der Waals surface area contributed by atoms with Gasteiger partial charge in [0.15, 0.2) is 0 Å². The monoisotopic (exact) mass is 1280 g/mol. The molecule has 23 nitrogen and oxygen atoms in total. The first-order valence-corrected chi connectivity index (χ1v) is 32.3. The standard InChI is InChI=1S/C63H95BrN10O13/c1-34(49(75)66-43-23-12-18-38(43)51(77)68-46-26-16-22-42(46)55(81)73-63(9,10)58(84)86-33-35-29-31-36(64)32-30-35)65-50(76)37-17-11-24-44(37)67-52(78)39-19-13-27-47(39)70-56(82)61(5,6)72-54(80)41-21-15-25-45(41)69-53(79)40-20-14-28-48(40)71-57(83)62(7,8)74-59(85)87-60(2,3)4/h29-32,34,37-48H,11-28,33H2,1-10H3,(H,65,76)(H,66,75)(H,67,78)(H,68,77)(H,69,79)(H,70,82)(H,71,83)(H,72,80)(H,73,81)(H,74,85)/t34-,37-,38-,39-,40-,41-,42-,43-,44-,45-,46-,47-,48-/m0/s1. The van der Waals surface area contributed by atoms with Gasteiger partial charge in [0.2, 0.25) is 53.2 Å². The molecule has 1 aromatic rings. The van der Waals surface area contributed by atoms with Gasteiger partial charge in [-0.1, -0.05) is 66.6 Å². The maximum absolute atomic E-state index is 14.0. The summed E-state index contributed by atoms with van der Waals surface area (Å²) in [6, 6.07) is 3.42. The third kappa shape index (κ3) is 18.2. The van der Waals surface area contributed by atoms with Crippen molar-refractivity contribution in [1.29, 1.82) is 0 Å². The number of hydrogen-bond acceptors (Lipinski definition) is 13. The van der Waals surface area contributed by atoms with Gasteiger partial charge < -0.3 is 62.6 Å². The molecule has 6 aliphatic carbocycles. The Labute approximate surface area is 520 Å². The van der Waals surface area contributed by atoms with Crippen molar-refractivity contribution < 1.29 is 62.2 Å². The number of benzene rings is 1. The van der Waals surface area contributed by atoms with E-state index in [0.29, 0.717) is 116 Å². The first-order chi connectivity index (χ1) is 40.8. The molecule has 0 spiro atoms. The van der Waals surface area contributed by atoms with Gasteiger partial charge in [0.05, 0.1) is 35.5 Å². The van der Waals surface area contributed by atoms with E-state index in [0.717, 1.165) is 10.0 Å². The van der Waals surface area contributed by atoms with E-state index < -0.39 is 130 Å². The van der Waals surface area contributed by atoms with Crippen LogP contribution < -0.4 is 53.2 Å². The van der Waals surface area contributed by atoms with Crippen LogP contribution in [0.3, 0.4) is 0 Å². The Morgan fingerprint density at radius 2 is 0.770 bits per heavy atom. The van der Waals surface area contributed by atoms with Crippen LogP contribution in [-0.4, -0.2) is 130 Å². The molecule has 6 saturated carbocycles. The van der Waals surface area contributed by atoms with Crippen molar-refractivity contribution in [3.05, 3.63) is 34.3 Å². The highest BCUT2D eigenvalue weighted by Gasteiger charge is 2.46. The lowest BCUT2D eigenvalue weighted by Gasteiger charge is -2.32. The quantitative estimate of drug-likeness (QED) is 0.0699. The number of amides is 10. The Morgan fingerprint density at radius 1 is 0.437 bits per heavy atom. The molecule has 0 saturated heterocycles. The molecule has 87 heavy (non-hydrogen) atoms. The minimum Gasteiger partial charge on any atom is -0.459 e. The van der Waals surface area contributed by atoms with Gasteiger partial charge in [0, 0.05) is 40.7 Å². The lowest BCUT2D eigenvalue weighted by molar-refractivity contribution is -0.154. The van der Waals surface area contributed by atoms with Crippen LogP contribution in [0.5, 0.6) is 0 Å². The Bertz CT molecular complexity index is 2730. The zero-order chi connectivity index (χ0) is 63.8. The second-order valence-corrected chi connectivity index (χ2v) is 28.7. The van der Waals surface area contributed by atoms with Gasteiger partial charge in [0.1, 0.15) is 34.9 Å². The second kappa shape index (κ2) is 28.9. The summed E-state index contributed by atoms with van der Waals surface area (Å²) in [4.78, 5) is 150. The molecule has 0 aliphatic heterocycles. The van der Waals surface area contributed by atoms with Crippen LogP contribution in [0.1, 0.15) is 190 Å². The lowest BCUT2D eigenvalue weighted by atomic mass is 9.95. The number of esters is 1. The molecule has 6 fully saturated rings. The average molecular weight is 1280 g/mol. The molecule has 10 amide bonds. The third-order valence-electron chi connectivity index (χ3n) is 18.4. The molecular formula is C63H95BrN10O13. The van der Waals surface area contributed by atoms with Crippen LogP contribution in [0.2, 0.25) is 0 Å². The van der Waals surface area contributed by atoms with Gasteiger partial charge in [-0.3, -0.25) is 43.2 Å². The number of halogens is 1. The van der Waals surface area contributed by atoms with Crippen molar-refractivity contribution in [3.63, 3.8) is 0 Å². The van der Waals surface area contributed by atoms with E-state index in [1.165, 1.54) is 0 Å². The van der Waals surface area contributed by atoms with Crippen LogP contribution in [0.4, 0.5) is 4.79 Å². The Kier molecular flexibility index (Phi) is 22.6. The van der Waals surface area contributed by atoms with E-state index in [4.69, 9.17) is 9.47 Å². The van der Waals surface area contributed by atoms with Gasteiger partial charge in [0.25, 0.3) is 0 Å². The average Bonchev–Trinajstić information content (AvgIpc) is 2.79. The molecule has 24 heteroatoms. The highest BCUT2D eigenvalue weighted by molar-refractivity contribution is 9.10. The molecule has 0 aromatic heterocycles. The summed E-state index contributed by atoms with van der Waals surface area (Å²) in [6.45, 7) is 16.3. The van der Waals surface area contributed by atoms with Gasteiger partial charge in [-0.15, -0.1) is 0 Å². The summed E-state index contributed by atoms with van der Waals surface area (Å²) < 4.78 is 11.7. The third-order valence-corrected chi connectivity index (χ3v) is 19.0. The first-order valence-electron chi connectivity index (χ1n) is 31.5. The number of carbonyl (C=O) groups excluding carboxylic acids is 11. The van der Waals surface area contributed by atoms with Gasteiger partial charge in [-0.2, -0.15) is 0 Å². The smallest absolute Gasteiger partial charge is 0.408 e. The van der Waals surface area contributed by atoms with Gasteiger partial charge in [-0.25, -0.2) is 9.59 Å². The van der Waals surface area contributed by atoms with Crippen molar-refractivity contribution in [2.75, 3.05) is 0 Å². The summed E-state index contributed by atoms with van der Waals surface area (Å²) in [5.74, 6) is -7.42. The van der Waals surface area contributed by atoms with E-state index in [9.17, 15) is 52.7 Å². The number of ether oxygens (including phenoxy) is 2. The second-order valence-electron chi connectivity index (χ2n) is 27.8. The van der Waals surface area contributed by atoms with Gasteiger partial charge in [-0.05, 0) is 164 Å². The fourth-order valence-corrected chi connectivity index (χ4v) is 13.6. The van der Waals surface area contributed by atoms with Crippen LogP contribution >= 0.6 is 15.9 Å². The zero-order valence-corrected chi connectivity index (χ0v) is 54.0. The molecular weight excluding hydrogens is 1180 g/mol. The van der Waals surface area contributed by atoms with Crippen molar-refractivity contribution in [1.82, 2.24) is 53.2 Å². The molecule has 0 unspecified atom stereocenters. The Balaban J connectivity index is 0.836. The molecule has 13 atom stereocenters. The minimum absolute atomic E-state index is 0.0459. The fourth-order valence-electron chi connectivity index (χ4n) is 13.4. The molecule has 482 valence electrons. The topological polar surface area (TPSA) is 327 Å². The SMILES string of the molecule is C[C@H](NC(=O)[C@H]1CCC[C@@H]1NC(=O)[C@H]1CCC[C@@H]1NC(=O)C(C)(C)NC(=O)[C@H]1CCC[C@@H]1NC(=O)[C@H]1CCC[C@@H]1NC(=O)C(C)(C)NC(=O)OC(C)(C)C)C(=O)N[C@H]1CCC[C@@H]1C(=O)N[C@H]1CCC[C@@H]1C(=O)NC(C)(C)C(=O)OCc1ccc(Br)cc1. The number of nitrogens with one attached hydrogen (secondary N) is 10. The molecule has 0 bridgehead atoms. The predicted octanol–water partition coefficient (Wildman–Crippen LogP) is 4.80. The van der Waals surface area contributed by atoms with Crippen molar-refractivity contribution in [2.24, 2.45) is 35.5 Å². The summed E-state index contributed by atoms with van der Waals surface area (Å²) in [5.41, 5.74) is -3.99. The van der Waals surface area contributed by atoms with E-state index in [1.807, 2.05) is 24.3 Å². The first kappa shape index (κ1) is 68.2. The summed E-state index contributed by atoms with van der Waals surface area (Å²) in [5, 5.41) is 29.4. The van der Waals surface area contributed by atoms with Crippen LogP contribution in [-0.2, 0) is 64.0 Å². The highest BCUT2D eigenvalue weighted by Crippen LogP contribution is 2.34. The van der Waals surface area contributed by atoms with Crippen LogP contribution in [0.15, 0.2) is 28.7 Å². The molecule has 6 aliphatic rings. The summed E-state index contributed by atoms with van der Waals surface area (Å²) in [6.07, 6.45) is 9.76. The molecule has 1 aromatic carbocycles. The van der Waals surface area contributed by atoms with Crippen molar-refractivity contribution >= 4 is 81.2 Å². The van der Waals surface area contributed by atoms with Crippen LogP contribution in [0.25, 0.3) is 0 Å². The fraction of sp³-hybridized carbons (Fsp3) is 0.730. The van der Waals surface area contributed by atoms with E-state index in [2.05, 4.69) is 69.1 Å². The van der Waals surface area contributed by atoms with E-state index >= 15 is 0 Å². The molecule has 0 heterocycles. The maximum atomic E-state index is 14.0. The minimum atomic E-state index is -1.39. The largest absolute Gasteiger partial charge is 0.459 e. The summed E-state index contributed by atoms with van der Waals surface area (Å²) >= 11 is 3.39. The normalized spacial score (nSPS) is 27.6. The lowest BCUT2D eigenvalue weighted by Crippen LogP contribution is -2.60.